The van der Waals surface area contributed by atoms with Crippen molar-refractivity contribution in [1.82, 2.24) is 0 Å². The molecular weight excluding hydrogens is 204 g/mol. The molecule has 86 valence electrons. The van der Waals surface area contributed by atoms with Gasteiger partial charge in [-0.15, -0.1) is 6.42 Å². The summed E-state index contributed by atoms with van der Waals surface area (Å²) in [6.07, 6.45) is 15.5. The molecule has 0 fully saturated rings. The van der Waals surface area contributed by atoms with Gasteiger partial charge in [0.25, 0.3) is 0 Å². The summed E-state index contributed by atoms with van der Waals surface area (Å²) in [5, 5.41) is 0. The highest BCUT2D eigenvalue weighted by Crippen LogP contribution is 2.36. The minimum absolute atomic E-state index is 0.0486. The molecule has 2 rings (SSSR count). The summed E-state index contributed by atoms with van der Waals surface area (Å²) < 4.78 is 0. The Labute approximate surface area is 104 Å². The Bertz CT molecular complexity index is 471. The van der Waals surface area contributed by atoms with E-state index in [9.17, 15) is 0 Å². The van der Waals surface area contributed by atoms with Crippen molar-refractivity contribution >= 4 is 5.57 Å². The van der Waals surface area contributed by atoms with Gasteiger partial charge in [0.05, 0.1) is 5.41 Å². The van der Waals surface area contributed by atoms with E-state index in [0.717, 1.165) is 19.3 Å². The summed E-state index contributed by atoms with van der Waals surface area (Å²) in [7, 11) is 0. The minimum Gasteiger partial charge on any atom is -0.119 e. The molecule has 0 radical (unpaired) electrons. The normalized spacial score (nSPS) is 22.9. The van der Waals surface area contributed by atoms with Gasteiger partial charge in [0.2, 0.25) is 0 Å². The Balaban J connectivity index is 2.19. The van der Waals surface area contributed by atoms with Crippen molar-refractivity contribution in [3.05, 3.63) is 54.1 Å². The van der Waals surface area contributed by atoms with Gasteiger partial charge in [-0.25, -0.2) is 0 Å². The summed E-state index contributed by atoms with van der Waals surface area (Å²) >= 11 is 0. The second kappa shape index (κ2) is 5.06. The Morgan fingerprint density at radius 1 is 1.29 bits per heavy atom. The maximum atomic E-state index is 5.68. The van der Waals surface area contributed by atoms with Crippen LogP contribution >= 0.6 is 0 Å². The molecule has 0 N–H and O–H groups in total. The van der Waals surface area contributed by atoms with Crippen molar-refractivity contribution in [3.8, 4) is 12.3 Å². The lowest BCUT2D eigenvalue weighted by Gasteiger charge is -2.26. The Morgan fingerprint density at radius 3 is 2.59 bits per heavy atom. The summed E-state index contributed by atoms with van der Waals surface area (Å²) in [4.78, 5) is 0. The first-order chi connectivity index (χ1) is 8.29. The van der Waals surface area contributed by atoms with Crippen LogP contribution in [-0.2, 0) is 0 Å². The van der Waals surface area contributed by atoms with Crippen LogP contribution in [0.25, 0.3) is 5.57 Å². The van der Waals surface area contributed by atoms with Crippen molar-refractivity contribution in [3.63, 3.8) is 0 Å². The van der Waals surface area contributed by atoms with Crippen LogP contribution < -0.4 is 0 Å². The smallest absolute Gasteiger partial charge is 0.0528 e. The molecule has 1 unspecified atom stereocenters. The summed E-state index contributed by atoms with van der Waals surface area (Å²) in [6.45, 7) is 2.18. The van der Waals surface area contributed by atoms with Gasteiger partial charge in [-0.05, 0) is 24.0 Å². The molecule has 17 heavy (non-hydrogen) atoms. The lowest BCUT2D eigenvalue weighted by atomic mass is 9.76. The topological polar surface area (TPSA) is 0 Å². The predicted octanol–water partition coefficient (Wildman–Crippen LogP) is 4.45. The monoisotopic (exact) mass is 222 g/mol. The van der Waals surface area contributed by atoms with E-state index in [1.807, 2.05) is 6.07 Å². The number of rotatable bonds is 3. The summed E-state index contributed by atoms with van der Waals surface area (Å²) in [5.41, 5.74) is 2.51. The molecule has 0 nitrogen and oxygen atoms in total. The highest BCUT2D eigenvalue weighted by atomic mass is 14.3. The van der Waals surface area contributed by atoms with Gasteiger partial charge in [0, 0.05) is 0 Å². The predicted molar refractivity (Wildman–Crippen MR) is 74.4 cm³/mol. The highest BCUT2D eigenvalue weighted by Gasteiger charge is 2.24. The maximum Gasteiger partial charge on any atom is 0.0528 e. The zero-order chi connectivity index (χ0) is 12.1. The van der Waals surface area contributed by atoms with Gasteiger partial charge in [-0.2, -0.15) is 0 Å². The Morgan fingerprint density at radius 2 is 2.06 bits per heavy atom. The molecular formula is C17H18. The minimum atomic E-state index is -0.0486. The van der Waals surface area contributed by atoms with E-state index in [4.69, 9.17) is 6.42 Å². The average Bonchev–Trinajstić information content (AvgIpc) is 2.41. The Hall–Kier alpha value is -1.74. The third-order valence-electron chi connectivity index (χ3n) is 3.36. The molecule has 0 heterocycles. The van der Waals surface area contributed by atoms with Crippen LogP contribution in [0.5, 0.6) is 0 Å². The van der Waals surface area contributed by atoms with Crippen molar-refractivity contribution in [2.24, 2.45) is 5.41 Å². The molecule has 1 atom stereocenters. The van der Waals surface area contributed by atoms with Crippen LogP contribution in [0.3, 0.4) is 0 Å². The van der Waals surface area contributed by atoms with E-state index in [-0.39, 0.29) is 5.41 Å². The van der Waals surface area contributed by atoms with Gasteiger partial charge >= 0.3 is 0 Å². The van der Waals surface area contributed by atoms with Crippen LogP contribution in [0.15, 0.2) is 48.6 Å². The molecule has 0 amide bonds. The molecule has 1 aromatic carbocycles. The molecule has 1 aliphatic rings. The maximum absolute atomic E-state index is 5.68. The van der Waals surface area contributed by atoms with Crippen LogP contribution in [0.2, 0.25) is 0 Å². The van der Waals surface area contributed by atoms with Gasteiger partial charge in [-0.1, -0.05) is 67.8 Å². The van der Waals surface area contributed by atoms with E-state index in [2.05, 4.69) is 55.3 Å². The van der Waals surface area contributed by atoms with Crippen LogP contribution in [0.4, 0.5) is 0 Å². The zero-order valence-electron chi connectivity index (χ0n) is 10.3. The SMILES string of the molecule is C#CC1(CCC)C=CC(c2ccccc2)=CC1. The third kappa shape index (κ3) is 2.50. The number of hydrogen-bond acceptors (Lipinski definition) is 0. The molecule has 0 bridgehead atoms. The number of benzene rings is 1. The van der Waals surface area contributed by atoms with Gasteiger partial charge < -0.3 is 0 Å². The van der Waals surface area contributed by atoms with E-state index in [0.29, 0.717) is 0 Å². The summed E-state index contributed by atoms with van der Waals surface area (Å²) in [5.74, 6) is 2.96. The van der Waals surface area contributed by atoms with Crippen molar-refractivity contribution < 1.29 is 0 Å². The second-order valence-corrected chi connectivity index (χ2v) is 4.61. The first kappa shape index (κ1) is 11.7. The van der Waals surface area contributed by atoms with Crippen molar-refractivity contribution in [2.75, 3.05) is 0 Å². The van der Waals surface area contributed by atoms with E-state index in [1.54, 1.807) is 0 Å². The second-order valence-electron chi connectivity index (χ2n) is 4.61. The third-order valence-corrected chi connectivity index (χ3v) is 3.36. The van der Waals surface area contributed by atoms with Crippen LogP contribution in [0, 0.1) is 17.8 Å². The van der Waals surface area contributed by atoms with E-state index >= 15 is 0 Å². The largest absolute Gasteiger partial charge is 0.119 e. The number of terminal acetylenes is 1. The van der Waals surface area contributed by atoms with E-state index < -0.39 is 0 Å². The van der Waals surface area contributed by atoms with Gasteiger partial charge in [-0.3, -0.25) is 0 Å². The molecule has 0 aliphatic heterocycles. The lowest BCUT2D eigenvalue weighted by molar-refractivity contribution is 0.467. The summed E-state index contributed by atoms with van der Waals surface area (Å²) in [6, 6.07) is 10.5. The quantitative estimate of drug-likeness (QED) is 0.663. The first-order valence-corrected chi connectivity index (χ1v) is 6.22. The molecule has 0 aromatic heterocycles. The number of hydrogen-bond donors (Lipinski definition) is 0. The van der Waals surface area contributed by atoms with E-state index in [1.165, 1.54) is 11.1 Å². The van der Waals surface area contributed by atoms with Crippen LogP contribution in [0.1, 0.15) is 31.7 Å². The van der Waals surface area contributed by atoms with Gasteiger partial charge in [0.1, 0.15) is 0 Å². The van der Waals surface area contributed by atoms with Gasteiger partial charge in [0.15, 0.2) is 0 Å². The van der Waals surface area contributed by atoms with Crippen molar-refractivity contribution in [2.45, 2.75) is 26.2 Å². The fourth-order valence-corrected chi connectivity index (χ4v) is 2.33. The molecule has 0 heteroatoms. The molecule has 0 saturated carbocycles. The van der Waals surface area contributed by atoms with Crippen molar-refractivity contribution in [1.29, 1.82) is 0 Å². The fourth-order valence-electron chi connectivity index (χ4n) is 2.33. The highest BCUT2D eigenvalue weighted by molar-refractivity contribution is 5.75. The van der Waals surface area contributed by atoms with Crippen LogP contribution in [-0.4, -0.2) is 0 Å². The molecule has 1 aromatic rings. The lowest BCUT2D eigenvalue weighted by Crippen LogP contribution is -2.16. The Kier molecular flexibility index (Phi) is 3.49. The molecule has 0 spiro atoms. The number of allylic oxidation sites excluding steroid dienone is 4. The molecule has 0 saturated heterocycles. The zero-order valence-corrected chi connectivity index (χ0v) is 10.3. The first-order valence-electron chi connectivity index (χ1n) is 6.22. The standard InChI is InChI=1S/C17H18/c1-3-12-17(4-2)13-10-16(11-14-17)15-8-6-5-7-9-15/h2,5-11,13H,3,12,14H2,1H3. The average molecular weight is 222 g/mol. The molecule has 1 aliphatic carbocycles. The fraction of sp³-hybridized carbons (Fsp3) is 0.294.